The largest absolute Gasteiger partial charge is 0.481 e. The average molecular weight is 390 g/mol. The van der Waals surface area contributed by atoms with Crippen LogP contribution >= 0.6 is 0 Å². The van der Waals surface area contributed by atoms with E-state index in [9.17, 15) is 36.2 Å². The molecule has 3 atom stereocenters. The van der Waals surface area contributed by atoms with E-state index in [1.165, 1.54) is 12.1 Å². The Hall–Kier alpha value is -2.36. The molecule has 2 N–H and O–H groups in total. The number of halogens is 6. The summed E-state index contributed by atoms with van der Waals surface area (Å²) in [4.78, 5) is 15.6. The molecule has 1 aliphatic carbocycles. The van der Waals surface area contributed by atoms with Crippen molar-refractivity contribution in [2.75, 3.05) is 6.54 Å². The van der Waals surface area contributed by atoms with Crippen LogP contribution in [0.2, 0.25) is 0 Å². The molecule has 3 unspecified atom stereocenters. The van der Waals surface area contributed by atoms with Crippen molar-refractivity contribution < 1.29 is 36.2 Å². The topological polar surface area (TPSA) is 62.2 Å². The summed E-state index contributed by atoms with van der Waals surface area (Å²) in [5.41, 5.74) is -5.95. The van der Waals surface area contributed by atoms with Crippen LogP contribution in [0.5, 0.6) is 0 Å². The molecule has 0 amide bonds. The van der Waals surface area contributed by atoms with Crippen molar-refractivity contribution in [3.05, 3.63) is 41.6 Å². The number of piperidine rings is 1. The Morgan fingerprint density at radius 3 is 2.44 bits per heavy atom. The van der Waals surface area contributed by atoms with E-state index in [1.807, 2.05) is 0 Å². The summed E-state index contributed by atoms with van der Waals surface area (Å²) < 4.78 is 80.4. The standard InChI is InChI=1S/C17H12F6N2O2/c18-16(19,20)10-4-3-9(8-2-1-5-24-11(8)10)12-15(13(26)27)6-14(15,7-25-12)17(21,22)23/h1-5,12,25H,6-7H2,(H,26,27). The van der Waals surface area contributed by atoms with Gasteiger partial charge in [-0.15, -0.1) is 0 Å². The van der Waals surface area contributed by atoms with Crippen molar-refractivity contribution in [1.29, 1.82) is 0 Å². The zero-order valence-electron chi connectivity index (χ0n) is 13.4. The molecule has 1 saturated carbocycles. The molecule has 0 spiro atoms. The van der Waals surface area contributed by atoms with Gasteiger partial charge in [-0.05, 0) is 24.1 Å². The number of pyridine rings is 1. The zero-order valence-corrected chi connectivity index (χ0v) is 13.4. The van der Waals surface area contributed by atoms with Gasteiger partial charge in [-0.1, -0.05) is 12.1 Å². The fraction of sp³-hybridized carbons (Fsp3) is 0.412. The first-order chi connectivity index (χ1) is 12.5. The van der Waals surface area contributed by atoms with Crippen LogP contribution in [0.4, 0.5) is 26.3 Å². The van der Waals surface area contributed by atoms with Crippen LogP contribution in [0.3, 0.4) is 0 Å². The highest BCUT2D eigenvalue weighted by molar-refractivity contribution is 5.89. The molecule has 27 heavy (non-hydrogen) atoms. The van der Waals surface area contributed by atoms with Gasteiger partial charge < -0.3 is 10.4 Å². The molecule has 4 nitrogen and oxygen atoms in total. The first kappa shape index (κ1) is 18.0. The summed E-state index contributed by atoms with van der Waals surface area (Å²) in [7, 11) is 0. The number of nitrogens with zero attached hydrogens (tertiary/aromatic N) is 1. The maximum atomic E-state index is 13.6. The third-order valence-electron chi connectivity index (χ3n) is 5.75. The molecule has 2 aliphatic rings. The van der Waals surface area contributed by atoms with Gasteiger partial charge in [0, 0.05) is 24.2 Å². The quantitative estimate of drug-likeness (QED) is 0.763. The molecule has 2 heterocycles. The second kappa shape index (κ2) is 5.12. The number of carboxylic acid groups (broad SMARTS) is 1. The Labute approximate surface area is 148 Å². The number of aromatic nitrogens is 1. The maximum Gasteiger partial charge on any atom is 0.418 e. The molecule has 1 aliphatic heterocycles. The number of aliphatic carboxylic acids is 1. The van der Waals surface area contributed by atoms with E-state index in [-0.39, 0.29) is 10.9 Å². The second-order valence-electron chi connectivity index (χ2n) is 6.95. The molecule has 4 rings (SSSR count). The van der Waals surface area contributed by atoms with Crippen LogP contribution in [-0.2, 0) is 11.0 Å². The molecule has 2 fully saturated rings. The summed E-state index contributed by atoms with van der Waals surface area (Å²) in [6.45, 7) is -0.601. The molecule has 2 aromatic rings. The van der Waals surface area contributed by atoms with Crippen LogP contribution in [-0.4, -0.2) is 28.8 Å². The van der Waals surface area contributed by atoms with Gasteiger partial charge in [0.1, 0.15) is 5.41 Å². The molecule has 0 bridgehead atoms. The van der Waals surface area contributed by atoms with E-state index in [0.29, 0.717) is 0 Å². The number of hydrogen-bond donors (Lipinski definition) is 2. The highest BCUT2D eigenvalue weighted by Crippen LogP contribution is 2.78. The normalized spacial score (nSPS) is 30.4. The Morgan fingerprint density at radius 2 is 1.89 bits per heavy atom. The van der Waals surface area contributed by atoms with Crippen molar-refractivity contribution in [2.24, 2.45) is 10.8 Å². The molecule has 10 heteroatoms. The van der Waals surface area contributed by atoms with Gasteiger partial charge in [0.05, 0.1) is 16.5 Å². The summed E-state index contributed by atoms with van der Waals surface area (Å²) in [6, 6.07) is 3.17. The fourth-order valence-corrected chi connectivity index (χ4v) is 4.39. The Bertz CT molecular complexity index is 957. The third kappa shape index (κ3) is 2.16. The minimum atomic E-state index is -4.74. The predicted molar refractivity (Wildman–Crippen MR) is 80.7 cm³/mol. The van der Waals surface area contributed by atoms with Crippen molar-refractivity contribution in [3.63, 3.8) is 0 Å². The van der Waals surface area contributed by atoms with Gasteiger partial charge in [-0.3, -0.25) is 9.78 Å². The van der Waals surface area contributed by atoms with Crippen LogP contribution in [0.15, 0.2) is 30.5 Å². The SMILES string of the molecule is O=C(O)C12CC1(C(F)(F)F)CNC2c1ccc(C(F)(F)F)c2ncccc12. The van der Waals surface area contributed by atoms with E-state index in [4.69, 9.17) is 0 Å². The predicted octanol–water partition coefficient (Wildman–Crippen LogP) is 3.92. The minimum Gasteiger partial charge on any atom is -0.481 e. The Morgan fingerprint density at radius 1 is 1.19 bits per heavy atom. The van der Waals surface area contributed by atoms with Crippen molar-refractivity contribution in [2.45, 2.75) is 24.8 Å². The first-order valence-corrected chi connectivity index (χ1v) is 7.94. The monoisotopic (exact) mass is 390 g/mol. The lowest BCUT2D eigenvalue weighted by molar-refractivity contribution is -0.195. The van der Waals surface area contributed by atoms with E-state index in [2.05, 4.69) is 10.3 Å². The lowest BCUT2D eigenvalue weighted by Crippen LogP contribution is -2.34. The lowest BCUT2D eigenvalue weighted by Gasteiger charge is -2.24. The number of nitrogens with one attached hydrogen (secondary N) is 1. The van der Waals surface area contributed by atoms with Crippen molar-refractivity contribution >= 4 is 16.9 Å². The Balaban J connectivity index is 1.91. The van der Waals surface area contributed by atoms with E-state index >= 15 is 0 Å². The number of carbonyl (C=O) groups is 1. The minimum absolute atomic E-state index is 0.0182. The number of alkyl halides is 6. The van der Waals surface area contributed by atoms with E-state index in [1.54, 1.807) is 0 Å². The summed E-state index contributed by atoms with van der Waals surface area (Å²) in [6.07, 6.45) is -8.91. The molecular weight excluding hydrogens is 378 g/mol. The maximum absolute atomic E-state index is 13.6. The van der Waals surface area contributed by atoms with Crippen LogP contribution in [0, 0.1) is 10.8 Å². The van der Waals surface area contributed by atoms with Gasteiger partial charge in [0.2, 0.25) is 0 Å². The number of benzene rings is 1. The first-order valence-electron chi connectivity index (χ1n) is 7.94. The second-order valence-corrected chi connectivity index (χ2v) is 6.95. The molecule has 1 saturated heterocycles. The number of hydrogen-bond acceptors (Lipinski definition) is 3. The van der Waals surface area contributed by atoms with E-state index < -0.39 is 59.2 Å². The summed E-state index contributed by atoms with van der Waals surface area (Å²) in [5.74, 6) is -1.62. The van der Waals surface area contributed by atoms with Gasteiger partial charge in [0.15, 0.2) is 0 Å². The van der Waals surface area contributed by atoms with Gasteiger partial charge in [-0.2, -0.15) is 26.3 Å². The van der Waals surface area contributed by atoms with Crippen LogP contribution < -0.4 is 5.32 Å². The Kier molecular flexibility index (Phi) is 3.42. The van der Waals surface area contributed by atoms with Gasteiger partial charge in [-0.25, -0.2) is 0 Å². The molecule has 144 valence electrons. The zero-order chi connectivity index (χ0) is 19.8. The van der Waals surface area contributed by atoms with Gasteiger partial charge in [0.25, 0.3) is 0 Å². The van der Waals surface area contributed by atoms with Gasteiger partial charge >= 0.3 is 18.3 Å². The van der Waals surface area contributed by atoms with Crippen LogP contribution in [0.25, 0.3) is 10.9 Å². The smallest absolute Gasteiger partial charge is 0.418 e. The number of carboxylic acids is 1. The summed E-state index contributed by atoms with van der Waals surface area (Å²) >= 11 is 0. The third-order valence-corrected chi connectivity index (χ3v) is 5.75. The molecule has 1 aromatic carbocycles. The number of rotatable bonds is 2. The molecule has 1 aromatic heterocycles. The van der Waals surface area contributed by atoms with Crippen molar-refractivity contribution in [3.8, 4) is 0 Å². The fourth-order valence-electron chi connectivity index (χ4n) is 4.39. The number of fused-ring (bicyclic) bond motifs is 2. The lowest BCUT2D eigenvalue weighted by atomic mass is 9.84. The van der Waals surface area contributed by atoms with Crippen molar-refractivity contribution in [1.82, 2.24) is 10.3 Å². The van der Waals surface area contributed by atoms with Crippen LogP contribution in [0.1, 0.15) is 23.6 Å². The summed E-state index contributed by atoms with van der Waals surface area (Å²) in [5, 5.41) is 12.2. The van der Waals surface area contributed by atoms with E-state index in [0.717, 1.165) is 18.3 Å². The highest BCUT2D eigenvalue weighted by atomic mass is 19.4. The highest BCUT2D eigenvalue weighted by Gasteiger charge is 2.88. The molecular formula is C17H12F6N2O2. The molecule has 0 radical (unpaired) electrons. The average Bonchev–Trinajstić information content (AvgIpc) is 3.16.